The molecule has 0 bridgehead atoms. The summed E-state index contributed by atoms with van der Waals surface area (Å²) in [6, 6.07) is 6.54. The lowest BCUT2D eigenvalue weighted by Crippen LogP contribution is -2.42. The Bertz CT molecular complexity index is 486. The number of β-amino-alcohol motifs (C(OH)–C–C–N with tert-alkyl or cyclic N) is 1. The highest BCUT2D eigenvalue weighted by molar-refractivity contribution is 9.10. The van der Waals surface area contributed by atoms with E-state index in [9.17, 15) is 13.5 Å². The van der Waals surface area contributed by atoms with Crippen LogP contribution < -0.4 is 0 Å². The van der Waals surface area contributed by atoms with Gasteiger partial charge in [-0.15, -0.1) is 0 Å². The van der Waals surface area contributed by atoms with Crippen molar-refractivity contribution in [2.45, 2.75) is 23.8 Å². The van der Waals surface area contributed by atoms with Crippen LogP contribution in [0.3, 0.4) is 0 Å². The highest BCUT2D eigenvalue weighted by Crippen LogP contribution is 2.22. The fourth-order valence-corrected chi connectivity index (χ4v) is 3.68. The molecule has 2 rings (SSSR count). The lowest BCUT2D eigenvalue weighted by Gasteiger charge is -2.29. The molecular formula is C11H14BrNO3S. The maximum absolute atomic E-state index is 12.2. The first kappa shape index (κ1) is 13.0. The molecule has 17 heavy (non-hydrogen) atoms. The van der Waals surface area contributed by atoms with Crippen LogP contribution in [0.1, 0.15) is 12.8 Å². The third kappa shape index (κ3) is 2.88. The van der Waals surface area contributed by atoms with Crippen molar-refractivity contribution in [2.24, 2.45) is 0 Å². The average Bonchev–Trinajstić information content (AvgIpc) is 2.29. The van der Waals surface area contributed by atoms with Crippen molar-refractivity contribution in [2.75, 3.05) is 13.1 Å². The van der Waals surface area contributed by atoms with Gasteiger partial charge in [-0.05, 0) is 37.1 Å². The third-order valence-electron chi connectivity index (χ3n) is 2.81. The molecule has 0 amide bonds. The Hall–Kier alpha value is -0.430. The molecule has 0 aromatic heterocycles. The quantitative estimate of drug-likeness (QED) is 0.900. The lowest BCUT2D eigenvalue weighted by atomic mass is 10.1. The second-order valence-corrected chi connectivity index (χ2v) is 6.97. The summed E-state index contributed by atoms with van der Waals surface area (Å²) in [5.74, 6) is 0. The molecule has 0 radical (unpaired) electrons. The second kappa shape index (κ2) is 5.06. The third-order valence-corrected chi connectivity index (χ3v) is 5.22. The van der Waals surface area contributed by atoms with Crippen LogP contribution in [0.25, 0.3) is 0 Å². The Balaban J connectivity index is 2.26. The van der Waals surface area contributed by atoms with Crippen molar-refractivity contribution < 1.29 is 13.5 Å². The average molecular weight is 320 g/mol. The largest absolute Gasteiger partial charge is 0.392 e. The van der Waals surface area contributed by atoms with Gasteiger partial charge >= 0.3 is 0 Å². The standard InChI is InChI=1S/C11H14BrNO3S/c12-9-3-5-11(6-4-9)17(15,16)13-7-1-2-10(14)8-13/h3-6,10,14H,1-2,7-8H2/t10-/m1/s1. The van der Waals surface area contributed by atoms with Gasteiger partial charge in [0.1, 0.15) is 0 Å². The highest BCUT2D eigenvalue weighted by atomic mass is 79.9. The summed E-state index contributed by atoms with van der Waals surface area (Å²) >= 11 is 3.27. The normalized spacial score (nSPS) is 22.6. The zero-order chi connectivity index (χ0) is 12.5. The lowest BCUT2D eigenvalue weighted by molar-refractivity contribution is 0.108. The maximum atomic E-state index is 12.2. The molecule has 1 aromatic rings. The number of benzene rings is 1. The minimum Gasteiger partial charge on any atom is -0.392 e. The molecule has 1 aliphatic heterocycles. The Kier molecular flexibility index (Phi) is 3.87. The molecule has 0 aliphatic carbocycles. The number of hydrogen-bond donors (Lipinski definition) is 1. The molecular weight excluding hydrogens is 306 g/mol. The smallest absolute Gasteiger partial charge is 0.243 e. The van der Waals surface area contributed by atoms with Crippen molar-refractivity contribution in [3.8, 4) is 0 Å². The highest BCUT2D eigenvalue weighted by Gasteiger charge is 2.29. The molecule has 0 saturated carbocycles. The molecule has 1 heterocycles. The van der Waals surface area contributed by atoms with Crippen LogP contribution in [0.4, 0.5) is 0 Å². The number of aliphatic hydroxyl groups excluding tert-OH is 1. The van der Waals surface area contributed by atoms with Crippen LogP contribution in [0, 0.1) is 0 Å². The number of sulfonamides is 1. The van der Waals surface area contributed by atoms with Crippen LogP contribution in [-0.2, 0) is 10.0 Å². The Morgan fingerprint density at radius 3 is 2.53 bits per heavy atom. The zero-order valence-electron chi connectivity index (χ0n) is 9.21. The van der Waals surface area contributed by atoms with Gasteiger partial charge in [-0.3, -0.25) is 0 Å². The molecule has 1 fully saturated rings. The zero-order valence-corrected chi connectivity index (χ0v) is 11.6. The van der Waals surface area contributed by atoms with Gasteiger partial charge in [0.2, 0.25) is 10.0 Å². The molecule has 0 unspecified atom stereocenters. The predicted molar refractivity (Wildman–Crippen MR) is 68.1 cm³/mol. The van der Waals surface area contributed by atoms with E-state index in [-0.39, 0.29) is 11.4 Å². The molecule has 6 heteroatoms. The van der Waals surface area contributed by atoms with E-state index in [1.165, 1.54) is 4.31 Å². The van der Waals surface area contributed by atoms with E-state index < -0.39 is 16.1 Å². The monoisotopic (exact) mass is 319 g/mol. The molecule has 94 valence electrons. The fraction of sp³-hybridized carbons (Fsp3) is 0.455. The maximum Gasteiger partial charge on any atom is 0.243 e. The van der Waals surface area contributed by atoms with Crippen molar-refractivity contribution in [3.63, 3.8) is 0 Å². The SMILES string of the molecule is O=S(=O)(c1ccc(Br)cc1)N1CCC[C@@H](O)C1. The van der Waals surface area contributed by atoms with Crippen molar-refractivity contribution in [1.82, 2.24) is 4.31 Å². The number of nitrogens with zero attached hydrogens (tertiary/aromatic N) is 1. The molecule has 1 atom stereocenters. The van der Waals surface area contributed by atoms with Crippen molar-refractivity contribution in [1.29, 1.82) is 0 Å². The summed E-state index contributed by atoms with van der Waals surface area (Å²) in [6.45, 7) is 0.674. The van der Waals surface area contributed by atoms with E-state index in [1.54, 1.807) is 24.3 Å². The number of rotatable bonds is 2. The Morgan fingerprint density at radius 2 is 1.94 bits per heavy atom. The predicted octanol–water partition coefficient (Wildman–Crippen LogP) is 1.59. The van der Waals surface area contributed by atoms with Gasteiger partial charge in [0.15, 0.2) is 0 Å². The molecule has 1 N–H and O–H groups in total. The number of aliphatic hydroxyl groups is 1. The molecule has 1 aromatic carbocycles. The number of piperidine rings is 1. The van der Waals surface area contributed by atoms with Crippen LogP contribution >= 0.6 is 15.9 Å². The van der Waals surface area contributed by atoms with E-state index in [1.807, 2.05) is 0 Å². The molecule has 0 spiro atoms. The molecule has 1 saturated heterocycles. The topological polar surface area (TPSA) is 57.6 Å². The van der Waals surface area contributed by atoms with E-state index in [0.717, 1.165) is 4.47 Å². The number of hydrogen-bond acceptors (Lipinski definition) is 3. The van der Waals surface area contributed by atoms with E-state index >= 15 is 0 Å². The van der Waals surface area contributed by atoms with Crippen LogP contribution in [0.5, 0.6) is 0 Å². The summed E-state index contributed by atoms with van der Waals surface area (Å²) in [5.41, 5.74) is 0. The van der Waals surface area contributed by atoms with Gasteiger partial charge < -0.3 is 5.11 Å². The van der Waals surface area contributed by atoms with Crippen LogP contribution in [0.15, 0.2) is 33.6 Å². The fourth-order valence-electron chi connectivity index (χ4n) is 1.89. The van der Waals surface area contributed by atoms with Gasteiger partial charge in [0.25, 0.3) is 0 Å². The Morgan fingerprint density at radius 1 is 1.29 bits per heavy atom. The van der Waals surface area contributed by atoms with Gasteiger partial charge in [-0.25, -0.2) is 8.42 Å². The van der Waals surface area contributed by atoms with Crippen molar-refractivity contribution in [3.05, 3.63) is 28.7 Å². The van der Waals surface area contributed by atoms with E-state index in [0.29, 0.717) is 19.4 Å². The summed E-state index contributed by atoms with van der Waals surface area (Å²) in [7, 11) is -3.46. The first-order valence-corrected chi connectivity index (χ1v) is 7.67. The van der Waals surface area contributed by atoms with Gasteiger partial charge in [0, 0.05) is 17.6 Å². The summed E-state index contributed by atoms with van der Waals surface area (Å²) < 4.78 is 26.7. The summed E-state index contributed by atoms with van der Waals surface area (Å²) in [6.07, 6.45) is 0.831. The molecule has 1 aliphatic rings. The van der Waals surface area contributed by atoms with Gasteiger partial charge in [-0.1, -0.05) is 15.9 Å². The Labute approximate surface area is 109 Å². The number of halogens is 1. The first-order valence-electron chi connectivity index (χ1n) is 5.44. The van der Waals surface area contributed by atoms with E-state index in [2.05, 4.69) is 15.9 Å². The minimum atomic E-state index is -3.46. The van der Waals surface area contributed by atoms with E-state index in [4.69, 9.17) is 0 Å². The summed E-state index contributed by atoms with van der Waals surface area (Å²) in [4.78, 5) is 0.273. The summed E-state index contributed by atoms with van der Waals surface area (Å²) in [5, 5.41) is 9.52. The van der Waals surface area contributed by atoms with Crippen LogP contribution in [-0.4, -0.2) is 37.0 Å². The van der Waals surface area contributed by atoms with Gasteiger partial charge in [0.05, 0.1) is 11.0 Å². The van der Waals surface area contributed by atoms with Crippen molar-refractivity contribution >= 4 is 26.0 Å². The van der Waals surface area contributed by atoms with Crippen LogP contribution in [0.2, 0.25) is 0 Å². The van der Waals surface area contributed by atoms with Gasteiger partial charge in [-0.2, -0.15) is 4.31 Å². The second-order valence-electron chi connectivity index (χ2n) is 4.11. The minimum absolute atomic E-state index is 0.193. The molecule has 4 nitrogen and oxygen atoms in total. The first-order chi connectivity index (χ1) is 8.00.